The molecule has 3 rings (SSSR count). The van der Waals surface area contributed by atoms with Crippen LogP contribution in [0.1, 0.15) is 55.1 Å². The maximum absolute atomic E-state index is 13.4. The van der Waals surface area contributed by atoms with Gasteiger partial charge >= 0.3 is 6.18 Å². The molecule has 1 aliphatic heterocycles. The number of amides is 1. The highest BCUT2D eigenvalue weighted by Crippen LogP contribution is 2.37. The van der Waals surface area contributed by atoms with Crippen molar-refractivity contribution < 1.29 is 27.5 Å². The van der Waals surface area contributed by atoms with Crippen molar-refractivity contribution in [2.45, 2.75) is 45.3 Å². The van der Waals surface area contributed by atoms with Gasteiger partial charge < -0.3 is 9.64 Å². The van der Waals surface area contributed by atoms with Crippen LogP contribution in [-0.4, -0.2) is 40.4 Å². The molecule has 0 bridgehead atoms. The van der Waals surface area contributed by atoms with Crippen molar-refractivity contribution in [2.24, 2.45) is 0 Å². The molecular formula is C25H24F3N3O3S. The highest BCUT2D eigenvalue weighted by atomic mass is 32.1. The highest BCUT2D eigenvalue weighted by molar-refractivity contribution is 7.80. The predicted molar refractivity (Wildman–Crippen MR) is 128 cm³/mol. The first-order valence-electron chi connectivity index (χ1n) is 11.0. The lowest BCUT2D eigenvalue weighted by atomic mass is 10.0. The number of halogens is 3. The van der Waals surface area contributed by atoms with Crippen LogP contribution < -0.4 is 9.64 Å². The van der Waals surface area contributed by atoms with E-state index >= 15 is 0 Å². The average molecular weight is 504 g/mol. The van der Waals surface area contributed by atoms with Gasteiger partial charge in [-0.15, -0.1) is 0 Å². The molecule has 1 saturated heterocycles. The summed E-state index contributed by atoms with van der Waals surface area (Å²) < 4.78 is 46.0. The Bertz CT molecular complexity index is 1190. The summed E-state index contributed by atoms with van der Waals surface area (Å²) in [4.78, 5) is 27.6. The Morgan fingerprint density at radius 2 is 1.83 bits per heavy atom. The van der Waals surface area contributed by atoms with Gasteiger partial charge in [0.1, 0.15) is 11.3 Å². The van der Waals surface area contributed by atoms with E-state index in [4.69, 9.17) is 22.2 Å². The monoisotopic (exact) mass is 503 g/mol. The number of Topliss-reactive ketones (excluding diaryl/α,β-unsaturated/α-hetero) is 1. The van der Waals surface area contributed by atoms with E-state index in [9.17, 15) is 22.8 Å². The molecule has 184 valence electrons. The second-order valence-electron chi connectivity index (χ2n) is 8.48. The third-order valence-corrected chi connectivity index (χ3v) is 6.21. The Kier molecular flexibility index (Phi) is 7.50. The summed E-state index contributed by atoms with van der Waals surface area (Å²) in [5.41, 5.74) is -2.16. The number of thiocarbonyl (C=S) groups is 1. The summed E-state index contributed by atoms with van der Waals surface area (Å²) in [5.74, 6) is 0.175. The molecule has 1 fully saturated rings. The molecule has 0 aromatic heterocycles. The normalized spacial score (nSPS) is 15.3. The minimum atomic E-state index is -4.75. The van der Waals surface area contributed by atoms with Gasteiger partial charge in [0.15, 0.2) is 10.9 Å². The van der Waals surface area contributed by atoms with Crippen LogP contribution in [0.4, 0.5) is 18.9 Å². The summed E-state index contributed by atoms with van der Waals surface area (Å²) in [5, 5.41) is 9.11. The summed E-state index contributed by atoms with van der Waals surface area (Å²) in [7, 11) is 0. The summed E-state index contributed by atoms with van der Waals surface area (Å²) in [6.45, 7) is 5.74. The van der Waals surface area contributed by atoms with Gasteiger partial charge in [-0.3, -0.25) is 14.5 Å². The van der Waals surface area contributed by atoms with Gasteiger partial charge in [-0.25, -0.2) is 0 Å². The lowest BCUT2D eigenvalue weighted by Crippen LogP contribution is -2.44. The molecule has 0 saturated carbocycles. The van der Waals surface area contributed by atoms with E-state index in [0.29, 0.717) is 37.3 Å². The largest absolute Gasteiger partial charge is 0.494 e. The number of ketones is 1. The Morgan fingerprint density at radius 1 is 1.17 bits per heavy atom. The number of anilines is 1. The predicted octanol–water partition coefficient (Wildman–Crippen LogP) is 5.35. The molecule has 10 heteroatoms. The zero-order valence-corrected chi connectivity index (χ0v) is 20.3. The fourth-order valence-corrected chi connectivity index (χ4v) is 4.30. The molecular weight excluding hydrogens is 479 g/mol. The smallest absolute Gasteiger partial charge is 0.417 e. The topological polar surface area (TPSA) is 73.6 Å². The first-order chi connectivity index (χ1) is 16.4. The third-order valence-electron chi connectivity index (χ3n) is 5.80. The van der Waals surface area contributed by atoms with E-state index in [0.717, 1.165) is 17.0 Å². The number of hydrogen-bond donors (Lipinski definition) is 0. The molecule has 0 unspecified atom stereocenters. The first-order valence-corrected chi connectivity index (χ1v) is 11.4. The van der Waals surface area contributed by atoms with E-state index in [-0.39, 0.29) is 16.6 Å². The van der Waals surface area contributed by atoms with Crippen molar-refractivity contribution >= 4 is 34.7 Å². The second kappa shape index (κ2) is 10.0. The third kappa shape index (κ3) is 5.30. The van der Waals surface area contributed by atoms with Crippen molar-refractivity contribution in [3.8, 4) is 11.8 Å². The Labute approximate surface area is 206 Å². The quantitative estimate of drug-likeness (QED) is 0.275. The summed E-state index contributed by atoms with van der Waals surface area (Å²) in [6.07, 6.45) is -3.84. The molecule has 1 aliphatic rings. The van der Waals surface area contributed by atoms with Crippen LogP contribution in [0.5, 0.6) is 5.75 Å². The van der Waals surface area contributed by atoms with Crippen LogP contribution in [0.25, 0.3) is 0 Å². The Hall–Kier alpha value is -3.45. The van der Waals surface area contributed by atoms with Gasteiger partial charge in [-0.05, 0) is 75.0 Å². The number of nitrogens with zero attached hydrogens (tertiary/aromatic N) is 3. The number of hydrogen-bond acceptors (Lipinski definition) is 5. The lowest BCUT2D eigenvalue weighted by molar-refractivity contribution is -0.137. The molecule has 0 aliphatic carbocycles. The second-order valence-corrected chi connectivity index (χ2v) is 8.84. The maximum Gasteiger partial charge on any atom is 0.417 e. The number of carbonyl (C=O) groups is 2. The van der Waals surface area contributed by atoms with Crippen molar-refractivity contribution in [2.75, 3.05) is 18.1 Å². The minimum absolute atomic E-state index is 0.0418. The van der Waals surface area contributed by atoms with Crippen LogP contribution in [0.15, 0.2) is 42.5 Å². The standard InChI is InChI=1S/C25H24F3N3O3S/c1-4-21(32)16-7-10-19(11-8-16)34-13-5-12-30-23(35)31(22(33)24(30,2)3)18-9-6-17(15-29)20(14-18)25(26,27)28/h6-11,14H,4-5,12-13H2,1-3H3. The first kappa shape index (κ1) is 26.2. The summed E-state index contributed by atoms with van der Waals surface area (Å²) in [6, 6.07) is 11.4. The lowest BCUT2D eigenvalue weighted by Gasteiger charge is -2.29. The van der Waals surface area contributed by atoms with E-state index in [1.165, 1.54) is 12.1 Å². The molecule has 35 heavy (non-hydrogen) atoms. The summed E-state index contributed by atoms with van der Waals surface area (Å²) >= 11 is 5.47. The molecule has 1 amide bonds. The van der Waals surface area contributed by atoms with Crippen LogP contribution in [-0.2, 0) is 11.0 Å². The zero-order valence-electron chi connectivity index (χ0n) is 19.5. The van der Waals surface area contributed by atoms with Crippen LogP contribution in [0, 0.1) is 11.3 Å². The Morgan fingerprint density at radius 3 is 2.40 bits per heavy atom. The van der Waals surface area contributed by atoms with Crippen molar-refractivity contribution in [3.05, 3.63) is 59.2 Å². The van der Waals surface area contributed by atoms with E-state index in [1.807, 2.05) is 0 Å². The molecule has 1 heterocycles. The van der Waals surface area contributed by atoms with Crippen LogP contribution >= 0.6 is 12.2 Å². The van der Waals surface area contributed by atoms with Crippen molar-refractivity contribution in [1.82, 2.24) is 4.90 Å². The Balaban J connectivity index is 1.70. The zero-order chi connectivity index (χ0) is 26.0. The van der Waals surface area contributed by atoms with Gasteiger partial charge in [0.2, 0.25) is 0 Å². The van der Waals surface area contributed by atoms with Gasteiger partial charge in [-0.2, -0.15) is 18.4 Å². The van der Waals surface area contributed by atoms with Crippen LogP contribution in [0.2, 0.25) is 0 Å². The van der Waals surface area contributed by atoms with Gasteiger partial charge in [-0.1, -0.05) is 6.92 Å². The number of benzene rings is 2. The molecule has 0 atom stereocenters. The van der Waals surface area contributed by atoms with E-state index in [1.54, 1.807) is 49.9 Å². The SMILES string of the molecule is CCC(=O)c1ccc(OCCCN2C(=S)N(c3ccc(C#N)c(C(F)(F)F)c3)C(=O)C2(C)C)cc1. The molecule has 2 aromatic rings. The number of alkyl halides is 3. The molecule has 0 radical (unpaired) electrons. The average Bonchev–Trinajstić information content (AvgIpc) is 2.99. The van der Waals surface area contributed by atoms with Crippen molar-refractivity contribution in [3.63, 3.8) is 0 Å². The number of carbonyl (C=O) groups excluding carboxylic acids is 2. The number of ether oxygens (including phenoxy) is 1. The molecule has 6 nitrogen and oxygen atoms in total. The number of rotatable bonds is 8. The van der Waals surface area contributed by atoms with E-state index in [2.05, 4.69) is 0 Å². The number of nitriles is 1. The highest BCUT2D eigenvalue weighted by Gasteiger charge is 2.49. The van der Waals surface area contributed by atoms with Gasteiger partial charge in [0.05, 0.1) is 29.5 Å². The molecule has 0 N–H and O–H groups in total. The fourth-order valence-electron chi connectivity index (χ4n) is 3.80. The molecule has 0 spiro atoms. The van der Waals surface area contributed by atoms with Crippen molar-refractivity contribution in [1.29, 1.82) is 5.26 Å². The fraction of sp³-hybridized carbons (Fsp3) is 0.360. The van der Waals surface area contributed by atoms with Gasteiger partial charge in [0, 0.05) is 18.5 Å². The van der Waals surface area contributed by atoms with Crippen LogP contribution in [0.3, 0.4) is 0 Å². The molecule has 2 aromatic carbocycles. The van der Waals surface area contributed by atoms with Gasteiger partial charge in [0.25, 0.3) is 5.91 Å². The van der Waals surface area contributed by atoms with E-state index < -0.39 is 28.7 Å². The minimum Gasteiger partial charge on any atom is -0.494 e. The maximum atomic E-state index is 13.4.